The molecular formula is C19H21ClN4O2. The number of nitrogens with zero attached hydrogens (tertiary/aromatic N) is 3. The van der Waals surface area contributed by atoms with E-state index in [-0.39, 0.29) is 11.8 Å². The zero-order valence-corrected chi connectivity index (χ0v) is 15.4. The third-order valence-electron chi connectivity index (χ3n) is 4.44. The van der Waals surface area contributed by atoms with Crippen molar-refractivity contribution < 1.29 is 9.59 Å². The van der Waals surface area contributed by atoms with E-state index in [0.717, 1.165) is 18.7 Å². The van der Waals surface area contributed by atoms with Gasteiger partial charge < -0.3 is 15.1 Å². The molecule has 1 saturated heterocycles. The normalized spacial score (nSPS) is 14.9. The second-order valence-electron chi connectivity index (χ2n) is 6.33. The molecule has 136 valence electrons. The summed E-state index contributed by atoms with van der Waals surface area (Å²) >= 11 is 6.10. The summed E-state index contributed by atoms with van der Waals surface area (Å²) in [6.45, 7) is 3.36. The smallest absolute Gasteiger partial charge is 0.255 e. The highest BCUT2D eigenvalue weighted by atomic mass is 35.5. The Morgan fingerprint density at radius 2 is 1.81 bits per heavy atom. The largest absolute Gasteiger partial charge is 0.348 e. The van der Waals surface area contributed by atoms with Crippen LogP contribution < -0.4 is 5.32 Å². The van der Waals surface area contributed by atoms with Crippen molar-refractivity contribution in [2.75, 3.05) is 33.2 Å². The van der Waals surface area contributed by atoms with Crippen molar-refractivity contribution >= 4 is 23.4 Å². The van der Waals surface area contributed by atoms with Gasteiger partial charge in [-0.05, 0) is 24.7 Å². The van der Waals surface area contributed by atoms with Gasteiger partial charge in [-0.1, -0.05) is 29.8 Å². The van der Waals surface area contributed by atoms with Crippen LogP contribution in [-0.4, -0.2) is 59.8 Å². The van der Waals surface area contributed by atoms with Crippen molar-refractivity contribution in [1.82, 2.24) is 20.1 Å². The molecule has 0 saturated carbocycles. The van der Waals surface area contributed by atoms with E-state index in [1.54, 1.807) is 17.0 Å². The van der Waals surface area contributed by atoms with Gasteiger partial charge in [0.05, 0.1) is 11.1 Å². The van der Waals surface area contributed by atoms with Crippen LogP contribution in [0.3, 0.4) is 0 Å². The summed E-state index contributed by atoms with van der Waals surface area (Å²) in [6, 6.07) is 8.93. The number of carbonyl (C=O) groups is 2. The predicted molar refractivity (Wildman–Crippen MR) is 100 cm³/mol. The third kappa shape index (κ3) is 4.39. The fourth-order valence-corrected chi connectivity index (χ4v) is 3.00. The topological polar surface area (TPSA) is 65.5 Å². The number of halogens is 1. The van der Waals surface area contributed by atoms with Gasteiger partial charge in [0.25, 0.3) is 11.8 Å². The number of pyridine rings is 1. The lowest BCUT2D eigenvalue weighted by Crippen LogP contribution is -2.47. The first-order valence-electron chi connectivity index (χ1n) is 8.49. The molecule has 0 aliphatic carbocycles. The van der Waals surface area contributed by atoms with E-state index in [2.05, 4.69) is 15.2 Å². The molecule has 6 nitrogen and oxygen atoms in total. The molecule has 1 aliphatic rings. The molecule has 1 fully saturated rings. The molecule has 0 bridgehead atoms. The number of carbonyl (C=O) groups excluding carboxylic acids is 2. The summed E-state index contributed by atoms with van der Waals surface area (Å²) in [5, 5.41) is 3.41. The summed E-state index contributed by atoms with van der Waals surface area (Å²) in [6.07, 6.45) is 2.97. The highest BCUT2D eigenvalue weighted by Gasteiger charge is 2.21. The van der Waals surface area contributed by atoms with Crippen molar-refractivity contribution in [3.63, 3.8) is 0 Å². The fraction of sp³-hybridized carbons (Fsp3) is 0.316. The molecule has 2 aromatic rings. The molecule has 0 spiro atoms. The summed E-state index contributed by atoms with van der Waals surface area (Å²) in [4.78, 5) is 33.1. The zero-order chi connectivity index (χ0) is 18.5. The lowest BCUT2D eigenvalue weighted by molar-refractivity contribution is 0.0663. The standard InChI is InChI=1S/C19H21ClN4O2/c1-23-6-8-24(9-7-23)19(26)16-10-15(11-21-12-16)18(25)22-13-14-4-2-3-5-17(14)20/h2-5,10-12H,6-9,13H2,1H3,(H,22,25). The average Bonchev–Trinajstić information content (AvgIpc) is 2.67. The maximum Gasteiger partial charge on any atom is 0.255 e. The molecule has 0 unspecified atom stereocenters. The number of likely N-dealkylation sites (N-methyl/N-ethyl adjacent to an activating group) is 1. The molecule has 1 aromatic heterocycles. The zero-order valence-electron chi connectivity index (χ0n) is 14.6. The minimum Gasteiger partial charge on any atom is -0.348 e. The van der Waals surface area contributed by atoms with Crippen molar-refractivity contribution in [3.05, 3.63) is 64.4 Å². The Kier molecular flexibility index (Phi) is 5.85. The number of aromatic nitrogens is 1. The highest BCUT2D eigenvalue weighted by molar-refractivity contribution is 6.31. The first-order valence-corrected chi connectivity index (χ1v) is 8.87. The van der Waals surface area contributed by atoms with Gasteiger partial charge in [0.15, 0.2) is 0 Å². The van der Waals surface area contributed by atoms with E-state index < -0.39 is 0 Å². The van der Waals surface area contributed by atoms with Gasteiger partial charge >= 0.3 is 0 Å². The maximum atomic E-state index is 12.6. The Morgan fingerprint density at radius 1 is 1.12 bits per heavy atom. The Bertz CT molecular complexity index is 804. The maximum absolute atomic E-state index is 12.6. The van der Waals surface area contributed by atoms with Crippen LogP contribution in [0.5, 0.6) is 0 Å². The third-order valence-corrected chi connectivity index (χ3v) is 4.80. The first-order chi connectivity index (χ1) is 12.5. The number of nitrogens with one attached hydrogen (secondary N) is 1. The van der Waals surface area contributed by atoms with E-state index in [1.165, 1.54) is 12.4 Å². The van der Waals surface area contributed by atoms with Gasteiger partial charge in [0.1, 0.15) is 0 Å². The second-order valence-corrected chi connectivity index (χ2v) is 6.74. The molecule has 0 atom stereocenters. The first kappa shape index (κ1) is 18.4. The summed E-state index contributed by atoms with van der Waals surface area (Å²) in [5.74, 6) is -0.378. The van der Waals surface area contributed by atoms with Gasteiger partial charge in [-0.3, -0.25) is 14.6 Å². The number of hydrogen-bond acceptors (Lipinski definition) is 4. The van der Waals surface area contributed by atoms with Crippen LogP contribution in [0, 0.1) is 0 Å². The number of hydrogen-bond donors (Lipinski definition) is 1. The number of benzene rings is 1. The van der Waals surface area contributed by atoms with Gasteiger partial charge in [-0.2, -0.15) is 0 Å². The molecule has 1 aromatic carbocycles. The molecule has 1 aliphatic heterocycles. The Balaban J connectivity index is 1.65. The van der Waals surface area contributed by atoms with Gasteiger partial charge in [0.2, 0.25) is 0 Å². The van der Waals surface area contributed by atoms with Gasteiger partial charge in [-0.15, -0.1) is 0 Å². The van der Waals surface area contributed by atoms with E-state index in [4.69, 9.17) is 11.6 Å². The molecule has 2 heterocycles. The lowest BCUT2D eigenvalue weighted by Gasteiger charge is -2.32. The van der Waals surface area contributed by atoms with Crippen LogP contribution in [0.2, 0.25) is 5.02 Å². The van der Waals surface area contributed by atoms with E-state index >= 15 is 0 Å². The van der Waals surface area contributed by atoms with E-state index in [0.29, 0.717) is 35.8 Å². The van der Waals surface area contributed by atoms with Crippen LogP contribution >= 0.6 is 11.6 Å². The van der Waals surface area contributed by atoms with Crippen LogP contribution in [0.1, 0.15) is 26.3 Å². The molecule has 0 radical (unpaired) electrons. The molecule has 26 heavy (non-hydrogen) atoms. The van der Waals surface area contributed by atoms with Crippen molar-refractivity contribution in [2.45, 2.75) is 6.54 Å². The van der Waals surface area contributed by atoms with Crippen LogP contribution in [0.15, 0.2) is 42.7 Å². The number of amides is 2. The van der Waals surface area contributed by atoms with Crippen LogP contribution in [0.4, 0.5) is 0 Å². The van der Waals surface area contributed by atoms with E-state index in [1.807, 2.05) is 25.2 Å². The predicted octanol–water partition coefficient (Wildman–Crippen LogP) is 2.05. The van der Waals surface area contributed by atoms with E-state index in [9.17, 15) is 9.59 Å². The number of piperazine rings is 1. The van der Waals surface area contributed by atoms with Gasteiger partial charge in [-0.25, -0.2) is 0 Å². The Morgan fingerprint density at radius 3 is 2.54 bits per heavy atom. The Labute approximate surface area is 157 Å². The van der Waals surface area contributed by atoms with Crippen LogP contribution in [0.25, 0.3) is 0 Å². The quantitative estimate of drug-likeness (QED) is 0.892. The monoisotopic (exact) mass is 372 g/mol. The number of rotatable bonds is 4. The van der Waals surface area contributed by atoms with Crippen LogP contribution in [-0.2, 0) is 6.54 Å². The summed E-state index contributed by atoms with van der Waals surface area (Å²) < 4.78 is 0. The minimum atomic E-state index is -0.287. The second kappa shape index (κ2) is 8.29. The average molecular weight is 373 g/mol. The lowest BCUT2D eigenvalue weighted by atomic mass is 10.1. The Hall–Kier alpha value is -2.44. The molecule has 3 rings (SSSR count). The van der Waals surface area contributed by atoms with Gasteiger partial charge in [0, 0.05) is 50.1 Å². The molecular weight excluding hydrogens is 352 g/mol. The minimum absolute atomic E-state index is 0.0913. The molecule has 2 amide bonds. The highest BCUT2D eigenvalue weighted by Crippen LogP contribution is 2.15. The van der Waals surface area contributed by atoms with Crippen molar-refractivity contribution in [3.8, 4) is 0 Å². The molecule has 1 N–H and O–H groups in total. The fourth-order valence-electron chi connectivity index (χ4n) is 2.79. The molecule has 7 heteroatoms. The SMILES string of the molecule is CN1CCN(C(=O)c2cncc(C(=O)NCc3ccccc3Cl)c2)CC1. The summed E-state index contributed by atoms with van der Waals surface area (Å²) in [7, 11) is 2.04. The summed E-state index contributed by atoms with van der Waals surface area (Å²) in [5.41, 5.74) is 1.62. The van der Waals surface area contributed by atoms with Crippen molar-refractivity contribution in [2.24, 2.45) is 0 Å². The van der Waals surface area contributed by atoms with Crippen molar-refractivity contribution in [1.29, 1.82) is 0 Å².